The van der Waals surface area contributed by atoms with Crippen LogP contribution in [0, 0.1) is 0 Å². The zero-order valence-electron chi connectivity index (χ0n) is 11.4. The first-order chi connectivity index (χ1) is 8.55. The summed E-state index contributed by atoms with van der Waals surface area (Å²) in [6, 6.07) is 11.0. The molecular formula is C15H21NOSi. The van der Waals surface area contributed by atoms with Crippen molar-refractivity contribution in [3.63, 3.8) is 0 Å². The predicted molar refractivity (Wildman–Crippen MR) is 78.7 cm³/mol. The van der Waals surface area contributed by atoms with Gasteiger partial charge < -0.3 is 9.73 Å². The largest absolute Gasteiger partial charge is 0.472 e. The highest BCUT2D eigenvalue weighted by Crippen LogP contribution is 2.05. The second kappa shape index (κ2) is 5.55. The summed E-state index contributed by atoms with van der Waals surface area (Å²) in [5.41, 5.74) is 2.52. The highest BCUT2D eigenvalue weighted by atomic mass is 28.3. The number of benzene rings is 1. The van der Waals surface area contributed by atoms with Gasteiger partial charge in [-0.25, -0.2) is 0 Å². The maximum absolute atomic E-state index is 5.04. The highest BCUT2D eigenvalue weighted by Gasteiger charge is 2.15. The Morgan fingerprint density at radius 2 is 1.61 bits per heavy atom. The summed E-state index contributed by atoms with van der Waals surface area (Å²) in [7, 11) is -1.16. The Balaban J connectivity index is 1.87. The summed E-state index contributed by atoms with van der Waals surface area (Å²) in [6.07, 6.45) is 3.49. The minimum absolute atomic E-state index is 0.853. The van der Waals surface area contributed by atoms with Gasteiger partial charge in [0.25, 0.3) is 0 Å². The lowest BCUT2D eigenvalue weighted by Gasteiger charge is -2.16. The van der Waals surface area contributed by atoms with Gasteiger partial charge in [-0.2, -0.15) is 0 Å². The van der Waals surface area contributed by atoms with Crippen molar-refractivity contribution >= 4 is 13.3 Å². The van der Waals surface area contributed by atoms with Crippen LogP contribution in [0.5, 0.6) is 0 Å². The summed E-state index contributed by atoms with van der Waals surface area (Å²) in [6.45, 7) is 8.88. The van der Waals surface area contributed by atoms with Crippen LogP contribution in [0.2, 0.25) is 19.6 Å². The Hall–Kier alpha value is -1.32. The van der Waals surface area contributed by atoms with Crippen molar-refractivity contribution in [2.24, 2.45) is 0 Å². The standard InChI is InChI=1S/C15H21NOSi/c1-18(2,3)15-6-4-13(5-7-15)10-16-11-14-8-9-17-12-14/h4-9,12,16H,10-11H2,1-3H3. The number of furan rings is 1. The summed E-state index contributed by atoms with van der Waals surface area (Å²) < 4.78 is 5.04. The van der Waals surface area contributed by atoms with Gasteiger partial charge in [-0.05, 0) is 11.6 Å². The van der Waals surface area contributed by atoms with Gasteiger partial charge in [0.05, 0.1) is 20.6 Å². The Labute approximate surface area is 110 Å². The maximum Gasteiger partial charge on any atom is 0.0947 e. The maximum atomic E-state index is 5.04. The van der Waals surface area contributed by atoms with E-state index < -0.39 is 8.07 Å². The summed E-state index contributed by atoms with van der Waals surface area (Å²) >= 11 is 0. The number of hydrogen-bond donors (Lipinski definition) is 1. The van der Waals surface area contributed by atoms with Crippen LogP contribution in [-0.2, 0) is 13.1 Å². The zero-order chi connectivity index (χ0) is 13.0. The fourth-order valence-electron chi connectivity index (χ4n) is 1.87. The normalized spacial score (nSPS) is 11.7. The van der Waals surface area contributed by atoms with Crippen LogP contribution in [0.3, 0.4) is 0 Å². The highest BCUT2D eigenvalue weighted by molar-refractivity contribution is 6.88. The third kappa shape index (κ3) is 3.58. The molecule has 0 unspecified atom stereocenters. The SMILES string of the molecule is C[Si](C)(C)c1ccc(CNCc2ccoc2)cc1. The van der Waals surface area contributed by atoms with Crippen LogP contribution in [-0.4, -0.2) is 8.07 Å². The lowest BCUT2D eigenvalue weighted by atomic mass is 10.2. The lowest BCUT2D eigenvalue weighted by molar-refractivity contribution is 0.560. The van der Waals surface area contributed by atoms with Gasteiger partial charge in [0, 0.05) is 18.7 Å². The molecule has 2 nitrogen and oxygen atoms in total. The van der Waals surface area contributed by atoms with Crippen molar-refractivity contribution in [3.8, 4) is 0 Å². The zero-order valence-corrected chi connectivity index (χ0v) is 12.4. The van der Waals surface area contributed by atoms with Crippen molar-refractivity contribution in [3.05, 3.63) is 54.0 Å². The van der Waals surface area contributed by atoms with Gasteiger partial charge >= 0.3 is 0 Å². The molecule has 2 aromatic rings. The van der Waals surface area contributed by atoms with Crippen LogP contribution < -0.4 is 10.5 Å². The Kier molecular flexibility index (Phi) is 4.04. The lowest BCUT2D eigenvalue weighted by Crippen LogP contribution is -2.37. The summed E-state index contributed by atoms with van der Waals surface area (Å²) in [5, 5.41) is 4.93. The summed E-state index contributed by atoms with van der Waals surface area (Å²) in [4.78, 5) is 0. The third-order valence-corrected chi connectivity index (χ3v) is 5.12. The first-order valence-electron chi connectivity index (χ1n) is 6.37. The molecular weight excluding hydrogens is 238 g/mol. The van der Waals surface area contributed by atoms with E-state index in [-0.39, 0.29) is 0 Å². The molecule has 0 radical (unpaired) electrons. The minimum atomic E-state index is -1.16. The van der Waals surface area contributed by atoms with Crippen LogP contribution in [0.1, 0.15) is 11.1 Å². The Morgan fingerprint density at radius 3 is 2.17 bits per heavy atom. The second-order valence-corrected chi connectivity index (χ2v) is 10.8. The van der Waals surface area contributed by atoms with Crippen LogP contribution >= 0.6 is 0 Å². The third-order valence-electron chi connectivity index (χ3n) is 3.06. The molecule has 0 aliphatic carbocycles. The molecule has 0 aliphatic heterocycles. The van der Waals surface area contributed by atoms with E-state index >= 15 is 0 Å². The van der Waals surface area contributed by atoms with E-state index in [1.165, 1.54) is 16.3 Å². The van der Waals surface area contributed by atoms with Gasteiger partial charge in [-0.3, -0.25) is 0 Å². The van der Waals surface area contributed by atoms with Gasteiger partial charge in [0.1, 0.15) is 0 Å². The molecule has 0 saturated heterocycles. The van der Waals surface area contributed by atoms with E-state index in [9.17, 15) is 0 Å². The average Bonchev–Trinajstić information content (AvgIpc) is 2.82. The Morgan fingerprint density at radius 1 is 0.944 bits per heavy atom. The molecule has 0 aliphatic rings. The van der Waals surface area contributed by atoms with Crippen molar-refractivity contribution in [1.29, 1.82) is 0 Å². The van der Waals surface area contributed by atoms with Crippen LogP contribution in [0.15, 0.2) is 47.3 Å². The molecule has 0 amide bonds. The van der Waals surface area contributed by atoms with Gasteiger partial charge in [-0.1, -0.05) is 49.1 Å². The molecule has 1 aromatic carbocycles. The first kappa shape index (κ1) is 13.1. The molecule has 1 N–H and O–H groups in total. The summed E-state index contributed by atoms with van der Waals surface area (Å²) in [5.74, 6) is 0. The molecule has 18 heavy (non-hydrogen) atoms. The van der Waals surface area contributed by atoms with E-state index in [0.717, 1.165) is 13.1 Å². The number of nitrogens with one attached hydrogen (secondary N) is 1. The quantitative estimate of drug-likeness (QED) is 0.835. The van der Waals surface area contributed by atoms with Gasteiger partial charge in [0.15, 0.2) is 0 Å². The fraction of sp³-hybridized carbons (Fsp3) is 0.333. The second-order valence-electron chi connectivity index (χ2n) is 5.68. The minimum Gasteiger partial charge on any atom is -0.472 e. The molecule has 0 fully saturated rings. The molecule has 2 rings (SSSR count). The fourth-order valence-corrected chi connectivity index (χ4v) is 3.03. The molecule has 0 atom stereocenters. The van der Waals surface area contributed by atoms with Crippen LogP contribution in [0.25, 0.3) is 0 Å². The molecule has 1 aromatic heterocycles. The van der Waals surface area contributed by atoms with E-state index in [1.807, 2.05) is 6.07 Å². The predicted octanol–water partition coefficient (Wildman–Crippen LogP) is 3.11. The first-order valence-corrected chi connectivity index (χ1v) is 9.87. The average molecular weight is 259 g/mol. The molecule has 0 saturated carbocycles. The van der Waals surface area contributed by atoms with Crippen molar-refractivity contribution < 1.29 is 4.42 Å². The van der Waals surface area contributed by atoms with Crippen molar-refractivity contribution in [1.82, 2.24) is 5.32 Å². The van der Waals surface area contributed by atoms with Gasteiger partial charge in [-0.15, -0.1) is 0 Å². The van der Waals surface area contributed by atoms with Crippen LogP contribution in [0.4, 0.5) is 0 Å². The van der Waals surface area contributed by atoms with E-state index in [1.54, 1.807) is 12.5 Å². The van der Waals surface area contributed by atoms with Gasteiger partial charge in [0.2, 0.25) is 0 Å². The van der Waals surface area contributed by atoms with Crippen molar-refractivity contribution in [2.45, 2.75) is 32.7 Å². The topological polar surface area (TPSA) is 25.2 Å². The molecule has 0 bridgehead atoms. The van der Waals surface area contributed by atoms with E-state index in [4.69, 9.17) is 4.42 Å². The molecule has 0 spiro atoms. The monoisotopic (exact) mass is 259 g/mol. The molecule has 96 valence electrons. The number of hydrogen-bond acceptors (Lipinski definition) is 2. The smallest absolute Gasteiger partial charge is 0.0947 e. The van der Waals surface area contributed by atoms with E-state index in [2.05, 4.69) is 49.2 Å². The van der Waals surface area contributed by atoms with E-state index in [0.29, 0.717) is 0 Å². The number of rotatable bonds is 5. The molecule has 3 heteroatoms. The Bertz CT molecular complexity index is 468. The molecule has 1 heterocycles. The van der Waals surface area contributed by atoms with Crippen molar-refractivity contribution in [2.75, 3.05) is 0 Å².